The Kier molecular flexibility index (Phi) is 4.94. The van der Waals surface area contributed by atoms with E-state index < -0.39 is 11.9 Å². The number of aliphatic carboxylic acids is 1. The maximum absolute atomic E-state index is 12.8. The summed E-state index contributed by atoms with van der Waals surface area (Å²) in [5.74, 6) is -1.37. The lowest BCUT2D eigenvalue weighted by atomic mass is 9.98. The SMILES string of the molecule is Cc1nc(Cc2ccccc2)sc1C(=O)N1CCCC(C(=O)O)C1. The number of amides is 1. The van der Waals surface area contributed by atoms with Crippen LogP contribution in [0.2, 0.25) is 0 Å². The fourth-order valence-corrected chi connectivity index (χ4v) is 4.07. The Hall–Kier alpha value is -2.21. The Morgan fingerprint density at radius 2 is 2.08 bits per heavy atom. The highest BCUT2D eigenvalue weighted by Crippen LogP contribution is 2.25. The molecule has 3 rings (SSSR count). The standard InChI is InChI=1S/C18H20N2O3S/c1-12-16(17(21)20-9-5-8-14(11-20)18(22)23)24-15(19-12)10-13-6-3-2-4-7-13/h2-4,6-7,14H,5,8-11H2,1H3,(H,22,23). The Bertz CT molecular complexity index is 742. The van der Waals surface area contributed by atoms with Gasteiger partial charge in [0.2, 0.25) is 0 Å². The van der Waals surface area contributed by atoms with E-state index in [4.69, 9.17) is 0 Å². The topological polar surface area (TPSA) is 70.5 Å². The molecule has 1 amide bonds. The number of nitrogens with zero attached hydrogens (tertiary/aromatic N) is 2. The van der Waals surface area contributed by atoms with Crippen LogP contribution < -0.4 is 0 Å². The molecular weight excluding hydrogens is 324 g/mol. The Morgan fingerprint density at radius 3 is 2.79 bits per heavy atom. The summed E-state index contributed by atoms with van der Waals surface area (Å²) >= 11 is 1.42. The number of thiazole rings is 1. The Balaban J connectivity index is 1.74. The fraction of sp³-hybridized carbons (Fsp3) is 0.389. The molecule has 2 aromatic rings. The number of benzene rings is 1. The number of hydrogen-bond donors (Lipinski definition) is 1. The summed E-state index contributed by atoms with van der Waals surface area (Å²) in [6, 6.07) is 10.0. The van der Waals surface area contributed by atoms with Gasteiger partial charge in [-0.3, -0.25) is 9.59 Å². The highest BCUT2D eigenvalue weighted by Gasteiger charge is 2.30. The quantitative estimate of drug-likeness (QED) is 0.926. The lowest BCUT2D eigenvalue weighted by molar-refractivity contribution is -0.143. The Labute approximate surface area is 145 Å². The van der Waals surface area contributed by atoms with Gasteiger partial charge >= 0.3 is 5.97 Å². The molecule has 1 fully saturated rings. The predicted molar refractivity (Wildman–Crippen MR) is 92.4 cm³/mol. The summed E-state index contributed by atoms with van der Waals surface area (Å²) in [5.41, 5.74) is 1.89. The zero-order valence-corrected chi connectivity index (χ0v) is 14.4. The number of carboxylic acids is 1. The second kappa shape index (κ2) is 7.13. The van der Waals surface area contributed by atoms with Crippen LogP contribution in [0.4, 0.5) is 0 Å². The molecule has 1 N–H and O–H groups in total. The molecule has 0 aliphatic carbocycles. The van der Waals surface area contributed by atoms with Crippen molar-refractivity contribution < 1.29 is 14.7 Å². The molecule has 5 nitrogen and oxygen atoms in total. The van der Waals surface area contributed by atoms with Crippen LogP contribution in [0.5, 0.6) is 0 Å². The van der Waals surface area contributed by atoms with Crippen LogP contribution in [0.3, 0.4) is 0 Å². The smallest absolute Gasteiger partial charge is 0.308 e. The van der Waals surface area contributed by atoms with Gasteiger partial charge in [-0.15, -0.1) is 11.3 Å². The minimum absolute atomic E-state index is 0.0877. The van der Waals surface area contributed by atoms with E-state index in [1.54, 1.807) is 4.90 Å². The molecule has 1 aromatic heterocycles. The number of likely N-dealkylation sites (tertiary alicyclic amines) is 1. The summed E-state index contributed by atoms with van der Waals surface area (Å²) in [5, 5.41) is 10.1. The summed E-state index contributed by atoms with van der Waals surface area (Å²) in [6.45, 7) is 2.75. The van der Waals surface area contributed by atoms with Crippen LogP contribution in [0.15, 0.2) is 30.3 Å². The third kappa shape index (κ3) is 3.64. The average Bonchev–Trinajstić information content (AvgIpc) is 2.95. The van der Waals surface area contributed by atoms with Gasteiger partial charge in [-0.05, 0) is 25.3 Å². The monoisotopic (exact) mass is 344 g/mol. The van der Waals surface area contributed by atoms with Crippen molar-refractivity contribution in [2.45, 2.75) is 26.2 Å². The molecule has 126 valence electrons. The van der Waals surface area contributed by atoms with Gasteiger partial charge in [-0.25, -0.2) is 4.98 Å². The average molecular weight is 344 g/mol. The second-order valence-electron chi connectivity index (χ2n) is 6.11. The van der Waals surface area contributed by atoms with Crippen LogP contribution in [0.1, 0.15) is 38.8 Å². The molecule has 1 aliphatic rings. The third-order valence-electron chi connectivity index (χ3n) is 4.29. The molecule has 0 spiro atoms. The number of rotatable bonds is 4. The predicted octanol–water partition coefficient (Wildman–Crippen LogP) is 2.98. The number of carboxylic acid groups (broad SMARTS) is 1. The molecule has 1 saturated heterocycles. The van der Waals surface area contributed by atoms with Gasteiger partial charge in [0.05, 0.1) is 16.6 Å². The zero-order valence-electron chi connectivity index (χ0n) is 13.6. The van der Waals surface area contributed by atoms with Crippen LogP contribution in [0.25, 0.3) is 0 Å². The molecule has 6 heteroatoms. The van der Waals surface area contributed by atoms with Gasteiger partial charge in [0.15, 0.2) is 0 Å². The lowest BCUT2D eigenvalue weighted by Crippen LogP contribution is -2.42. The van der Waals surface area contributed by atoms with E-state index in [0.29, 0.717) is 30.8 Å². The third-order valence-corrected chi connectivity index (χ3v) is 5.44. The maximum Gasteiger partial charge on any atom is 0.308 e. The van der Waals surface area contributed by atoms with Crippen molar-refractivity contribution in [1.29, 1.82) is 0 Å². The van der Waals surface area contributed by atoms with Crippen molar-refractivity contribution in [3.05, 3.63) is 51.5 Å². The van der Waals surface area contributed by atoms with E-state index >= 15 is 0 Å². The minimum Gasteiger partial charge on any atom is -0.481 e. The number of aromatic nitrogens is 1. The Morgan fingerprint density at radius 1 is 1.33 bits per heavy atom. The van der Waals surface area contributed by atoms with Crippen molar-refractivity contribution in [3.63, 3.8) is 0 Å². The number of piperidine rings is 1. The number of carbonyl (C=O) groups is 2. The summed E-state index contributed by atoms with van der Waals surface area (Å²) in [7, 11) is 0. The molecular formula is C18H20N2O3S. The molecule has 24 heavy (non-hydrogen) atoms. The highest BCUT2D eigenvalue weighted by atomic mass is 32.1. The van der Waals surface area contributed by atoms with Crippen LogP contribution in [0, 0.1) is 12.8 Å². The summed E-state index contributed by atoms with van der Waals surface area (Å²) in [4.78, 5) is 30.8. The van der Waals surface area contributed by atoms with Gasteiger partial charge in [0.1, 0.15) is 4.88 Å². The largest absolute Gasteiger partial charge is 0.481 e. The first-order valence-electron chi connectivity index (χ1n) is 8.07. The normalized spacial score (nSPS) is 17.7. The minimum atomic E-state index is -0.821. The molecule has 0 radical (unpaired) electrons. The van der Waals surface area contributed by atoms with Crippen molar-refractivity contribution in [2.24, 2.45) is 5.92 Å². The molecule has 0 saturated carbocycles. The fourth-order valence-electron chi connectivity index (χ4n) is 3.00. The van der Waals surface area contributed by atoms with Crippen LogP contribution >= 0.6 is 11.3 Å². The molecule has 0 bridgehead atoms. The maximum atomic E-state index is 12.8. The summed E-state index contributed by atoms with van der Waals surface area (Å²) in [6.07, 6.45) is 2.08. The molecule has 2 heterocycles. The number of aryl methyl sites for hydroxylation is 1. The molecule has 1 unspecified atom stereocenters. The highest BCUT2D eigenvalue weighted by molar-refractivity contribution is 7.13. The number of carbonyl (C=O) groups excluding carboxylic acids is 1. The van der Waals surface area contributed by atoms with Crippen molar-refractivity contribution in [3.8, 4) is 0 Å². The van der Waals surface area contributed by atoms with E-state index in [1.807, 2.05) is 37.3 Å². The first-order chi connectivity index (χ1) is 11.5. The lowest BCUT2D eigenvalue weighted by Gasteiger charge is -2.30. The van der Waals surface area contributed by atoms with Gasteiger partial charge < -0.3 is 10.0 Å². The van der Waals surface area contributed by atoms with Crippen molar-refractivity contribution in [2.75, 3.05) is 13.1 Å². The van der Waals surface area contributed by atoms with Crippen molar-refractivity contribution >= 4 is 23.2 Å². The van der Waals surface area contributed by atoms with Gasteiger partial charge in [-0.2, -0.15) is 0 Å². The molecule has 1 atom stereocenters. The number of hydrogen-bond acceptors (Lipinski definition) is 4. The van der Waals surface area contributed by atoms with Crippen molar-refractivity contribution in [1.82, 2.24) is 9.88 Å². The van der Waals surface area contributed by atoms with Gasteiger partial charge in [0.25, 0.3) is 5.91 Å². The van der Waals surface area contributed by atoms with E-state index in [0.717, 1.165) is 22.7 Å². The van der Waals surface area contributed by atoms with E-state index in [1.165, 1.54) is 11.3 Å². The summed E-state index contributed by atoms with van der Waals surface area (Å²) < 4.78 is 0. The van der Waals surface area contributed by atoms with Gasteiger partial charge in [0, 0.05) is 19.5 Å². The molecule has 1 aromatic carbocycles. The first-order valence-corrected chi connectivity index (χ1v) is 8.88. The van der Waals surface area contributed by atoms with Crippen LogP contribution in [-0.2, 0) is 11.2 Å². The molecule has 1 aliphatic heterocycles. The zero-order chi connectivity index (χ0) is 17.1. The van der Waals surface area contributed by atoms with Crippen LogP contribution in [-0.4, -0.2) is 40.0 Å². The second-order valence-corrected chi connectivity index (χ2v) is 7.20. The van der Waals surface area contributed by atoms with E-state index in [9.17, 15) is 14.7 Å². The first kappa shape index (κ1) is 16.6. The van der Waals surface area contributed by atoms with Gasteiger partial charge in [-0.1, -0.05) is 30.3 Å². The van der Waals surface area contributed by atoms with E-state index in [2.05, 4.69) is 4.98 Å². The van der Waals surface area contributed by atoms with E-state index in [-0.39, 0.29) is 5.91 Å².